The molecule has 0 saturated heterocycles. The van der Waals surface area contributed by atoms with Gasteiger partial charge in [-0.1, -0.05) is 18.2 Å². The number of nitro benzene ring substituents is 1. The van der Waals surface area contributed by atoms with Gasteiger partial charge in [0.25, 0.3) is 17.5 Å². The molecule has 0 radical (unpaired) electrons. The second kappa shape index (κ2) is 7.87. The van der Waals surface area contributed by atoms with Gasteiger partial charge in [0.15, 0.2) is 0 Å². The molecule has 0 atom stereocenters. The summed E-state index contributed by atoms with van der Waals surface area (Å²) in [7, 11) is 0. The van der Waals surface area contributed by atoms with Gasteiger partial charge >= 0.3 is 0 Å². The van der Waals surface area contributed by atoms with Gasteiger partial charge in [-0.15, -0.1) is 0 Å². The zero-order valence-electron chi connectivity index (χ0n) is 13.8. The number of nitrogens with one attached hydrogen (secondary N) is 2. The van der Waals surface area contributed by atoms with Crippen LogP contribution in [-0.4, -0.2) is 16.7 Å². The van der Waals surface area contributed by atoms with Crippen molar-refractivity contribution in [2.45, 2.75) is 13.8 Å². The molecular weight excluding hydrogens is 322 g/mol. The highest BCUT2D eigenvalue weighted by Crippen LogP contribution is 2.16. The van der Waals surface area contributed by atoms with Crippen molar-refractivity contribution < 1.29 is 14.5 Å². The van der Waals surface area contributed by atoms with Gasteiger partial charge < -0.3 is 10.6 Å². The van der Waals surface area contributed by atoms with Crippen LogP contribution >= 0.6 is 0 Å². The van der Waals surface area contributed by atoms with Crippen molar-refractivity contribution in [3.8, 4) is 0 Å². The third-order valence-corrected chi connectivity index (χ3v) is 3.34. The molecule has 7 heteroatoms. The Kier molecular flexibility index (Phi) is 5.62. The van der Waals surface area contributed by atoms with E-state index in [9.17, 15) is 19.7 Å². The number of non-ortho nitro benzene ring substituents is 1. The molecule has 0 bridgehead atoms. The highest BCUT2D eigenvalue weighted by atomic mass is 16.6. The normalized spacial score (nSPS) is 9.84. The van der Waals surface area contributed by atoms with E-state index in [1.807, 2.05) is 0 Å². The summed E-state index contributed by atoms with van der Waals surface area (Å²) in [5.41, 5.74) is 1.52. The van der Waals surface area contributed by atoms with Gasteiger partial charge in [-0.05, 0) is 43.7 Å². The third kappa shape index (κ3) is 4.74. The predicted octanol–water partition coefficient (Wildman–Crippen LogP) is 3.26. The quantitative estimate of drug-likeness (QED) is 0.496. The zero-order chi connectivity index (χ0) is 18.4. The molecule has 2 aromatic carbocycles. The van der Waals surface area contributed by atoms with E-state index in [2.05, 4.69) is 10.6 Å². The first-order valence-corrected chi connectivity index (χ1v) is 7.48. The summed E-state index contributed by atoms with van der Waals surface area (Å²) in [5, 5.41) is 15.9. The lowest BCUT2D eigenvalue weighted by Crippen LogP contribution is -2.31. The van der Waals surface area contributed by atoms with E-state index in [4.69, 9.17) is 0 Å². The molecule has 2 amide bonds. The second-order valence-corrected chi connectivity index (χ2v) is 5.45. The molecule has 0 aliphatic heterocycles. The van der Waals surface area contributed by atoms with Crippen LogP contribution in [0.25, 0.3) is 0 Å². The van der Waals surface area contributed by atoms with Gasteiger partial charge in [0.05, 0.1) is 4.92 Å². The van der Waals surface area contributed by atoms with Gasteiger partial charge in [0.2, 0.25) is 0 Å². The number of hydrogen-bond acceptors (Lipinski definition) is 4. The smallest absolute Gasteiger partial charge is 0.272 e. The average Bonchev–Trinajstić information content (AvgIpc) is 2.60. The number of anilines is 1. The number of nitro groups is 1. The van der Waals surface area contributed by atoms with Crippen molar-refractivity contribution in [3.05, 3.63) is 81.5 Å². The Hall–Kier alpha value is -3.48. The van der Waals surface area contributed by atoms with Crippen molar-refractivity contribution >= 4 is 23.2 Å². The van der Waals surface area contributed by atoms with Crippen LogP contribution in [-0.2, 0) is 4.79 Å². The molecule has 0 fully saturated rings. The Balaban J connectivity index is 2.12. The lowest BCUT2D eigenvalue weighted by Gasteiger charge is -2.12. The highest BCUT2D eigenvalue weighted by molar-refractivity contribution is 6.08. The SMILES string of the molecule is CC(C)=C(NC(=O)c1ccccc1)C(=O)Nc1ccc([N+](=O)[O-])cc1. The Morgan fingerprint density at radius 1 is 0.960 bits per heavy atom. The van der Waals surface area contributed by atoms with Gasteiger partial charge in [-0.2, -0.15) is 0 Å². The summed E-state index contributed by atoms with van der Waals surface area (Å²) < 4.78 is 0. The lowest BCUT2D eigenvalue weighted by atomic mass is 10.2. The largest absolute Gasteiger partial charge is 0.321 e. The van der Waals surface area contributed by atoms with E-state index in [0.29, 0.717) is 16.8 Å². The highest BCUT2D eigenvalue weighted by Gasteiger charge is 2.16. The van der Waals surface area contributed by atoms with Crippen LogP contribution in [0.1, 0.15) is 24.2 Å². The predicted molar refractivity (Wildman–Crippen MR) is 94.0 cm³/mol. The average molecular weight is 339 g/mol. The molecule has 0 unspecified atom stereocenters. The molecule has 2 N–H and O–H groups in total. The maximum absolute atomic E-state index is 12.4. The number of carbonyl (C=O) groups excluding carboxylic acids is 2. The maximum Gasteiger partial charge on any atom is 0.272 e. The first-order chi connectivity index (χ1) is 11.9. The van der Waals surface area contributed by atoms with Crippen molar-refractivity contribution in [1.82, 2.24) is 5.32 Å². The number of nitrogens with zero attached hydrogens (tertiary/aromatic N) is 1. The molecule has 0 aliphatic carbocycles. The van der Waals surface area contributed by atoms with Crippen LogP contribution in [0.5, 0.6) is 0 Å². The molecule has 2 rings (SSSR count). The van der Waals surface area contributed by atoms with E-state index < -0.39 is 16.7 Å². The molecule has 7 nitrogen and oxygen atoms in total. The first-order valence-electron chi connectivity index (χ1n) is 7.48. The lowest BCUT2D eigenvalue weighted by molar-refractivity contribution is -0.384. The first kappa shape index (κ1) is 17.9. The number of benzene rings is 2. The minimum atomic E-state index is -0.521. The molecule has 128 valence electrons. The number of amides is 2. The van der Waals surface area contributed by atoms with Gasteiger partial charge in [0.1, 0.15) is 5.70 Å². The van der Waals surface area contributed by atoms with Crippen molar-refractivity contribution in [2.75, 3.05) is 5.32 Å². The van der Waals surface area contributed by atoms with E-state index in [0.717, 1.165) is 0 Å². The van der Waals surface area contributed by atoms with E-state index in [-0.39, 0.29) is 11.4 Å². The molecule has 2 aromatic rings. The maximum atomic E-state index is 12.4. The molecule has 0 heterocycles. The van der Waals surface area contributed by atoms with Gasteiger partial charge in [-0.3, -0.25) is 19.7 Å². The summed E-state index contributed by atoms with van der Waals surface area (Å²) >= 11 is 0. The van der Waals surface area contributed by atoms with Crippen LogP contribution < -0.4 is 10.6 Å². The van der Waals surface area contributed by atoms with Crippen LogP contribution in [0.4, 0.5) is 11.4 Å². The molecule has 0 aliphatic rings. The summed E-state index contributed by atoms with van der Waals surface area (Å²) in [6.07, 6.45) is 0. The van der Waals surface area contributed by atoms with Gasteiger partial charge in [0, 0.05) is 23.4 Å². The fourth-order valence-corrected chi connectivity index (χ4v) is 2.04. The Morgan fingerprint density at radius 3 is 2.08 bits per heavy atom. The van der Waals surface area contributed by atoms with E-state index in [1.54, 1.807) is 44.2 Å². The summed E-state index contributed by atoms with van der Waals surface area (Å²) in [6, 6.07) is 14.0. The van der Waals surface area contributed by atoms with Gasteiger partial charge in [-0.25, -0.2) is 0 Å². The molecule has 0 aromatic heterocycles. The monoisotopic (exact) mass is 339 g/mol. The minimum Gasteiger partial charge on any atom is -0.321 e. The van der Waals surface area contributed by atoms with Crippen LogP contribution in [0, 0.1) is 10.1 Å². The number of allylic oxidation sites excluding steroid dienone is 1. The Bertz CT molecular complexity index is 823. The fourth-order valence-electron chi connectivity index (χ4n) is 2.04. The van der Waals surface area contributed by atoms with E-state index in [1.165, 1.54) is 24.3 Å². The van der Waals surface area contributed by atoms with Crippen molar-refractivity contribution in [1.29, 1.82) is 0 Å². The molecule has 0 saturated carbocycles. The number of carbonyl (C=O) groups is 2. The van der Waals surface area contributed by atoms with E-state index >= 15 is 0 Å². The van der Waals surface area contributed by atoms with Crippen LogP contribution in [0.15, 0.2) is 65.9 Å². The Morgan fingerprint density at radius 2 is 1.56 bits per heavy atom. The topological polar surface area (TPSA) is 101 Å². The molecule has 0 spiro atoms. The second-order valence-electron chi connectivity index (χ2n) is 5.45. The molecule has 25 heavy (non-hydrogen) atoms. The standard InChI is InChI=1S/C18H17N3O4/c1-12(2)16(20-17(22)13-6-4-3-5-7-13)18(23)19-14-8-10-15(11-9-14)21(24)25/h3-11H,1-2H3,(H,19,23)(H,20,22). The minimum absolute atomic E-state index is 0.0715. The summed E-state index contributed by atoms with van der Waals surface area (Å²) in [6.45, 7) is 3.41. The third-order valence-electron chi connectivity index (χ3n) is 3.34. The van der Waals surface area contributed by atoms with Crippen molar-refractivity contribution in [3.63, 3.8) is 0 Å². The number of rotatable bonds is 5. The van der Waals surface area contributed by atoms with Crippen molar-refractivity contribution in [2.24, 2.45) is 0 Å². The molecular formula is C18H17N3O4. The summed E-state index contributed by atoms with van der Waals surface area (Å²) in [5.74, 6) is -0.895. The summed E-state index contributed by atoms with van der Waals surface area (Å²) in [4.78, 5) is 34.8. The van der Waals surface area contributed by atoms with Crippen LogP contribution in [0.3, 0.4) is 0 Å². The fraction of sp³-hybridized carbons (Fsp3) is 0.111. The zero-order valence-corrected chi connectivity index (χ0v) is 13.8. The van der Waals surface area contributed by atoms with Crippen LogP contribution in [0.2, 0.25) is 0 Å². The number of hydrogen-bond donors (Lipinski definition) is 2. The Labute approximate surface area is 144 Å².